The van der Waals surface area contributed by atoms with E-state index in [4.69, 9.17) is 10.5 Å². The van der Waals surface area contributed by atoms with E-state index < -0.39 is 6.09 Å². The van der Waals surface area contributed by atoms with Crippen LogP contribution in [-0.2, 0) is 4.74 Å². The van der Waals surface area contributed by atoms with E-state index in [0.717, 1.165) is 0 Å². The van der Waals surface area contributed by atoms with Gasteiger partial charge in [-0.3, -0.25) is 5.32 Å². The molecule has 3 N–H and O–H groups in total. The molecule has 4 nitrogen and oxygen atoms in total. The Labute approximate surface area is 146 Å². The molecule has 124 valence electrons. The summed E-state index contributed by atoms with van der Waals surface area (Å²) in [5.74, 6) is 0.0546. The van der Waals surface area contributed by atoms with Gasteiger partial charge in [0.25, 0.3) is 0 Å². The summed E-state index contributed by atoms with van der Waals surface area (Å²) in [6.07, 6.45) is -0.479. The van der Waals surface area contributed by atoms with Crippen molar-refractivity contribution in [1.29, 1.82) is 0 Å². The van der Waals surface area contributed by atoms with Crippen LogP contribution in [0.25, 0.3) is 11.1 Å². The van der Waals surface area contributed by atoms with Gasteiger partial charge in [0.2, 0.25) is 0 Å². The van der Waals surface area contributed by atoms with E-state index in [9.17, 15) is 4.79 Å². The number of fused-ring (bicyclic) bond motifs is 3. The molecule has 0 atom stereocenters. The van der Waals surface area contributed by atoms with E-state index in [-0.39, 0.29) is 5.92 Å². The van der Waals surface area contributed by atoms with Crippen LogP contribution >= 0.6 is 0 Å². The molecule has 4 rings (SSSR count). The van der Waals surface area contributed by atoms with Crippen LogP contribution in [0.5, 0.6) is 0 Å². The molecule has 1 aliphatic carbocycles. The quantitative estimate of drug-likeness (QED) is 0.688. The third-order valence-electron chi connectivity index (χ3n) is 4.48. The molecule has 0 radical (unpaired) electrons. The molecule has 0 aromatic heterocycles. The van der Waals surface area contributed by atoms with E-state index in [1.54, 1.807) is 24.3 Å². The zero-order chi connectivity index (χ0) is 17.2. The monoisotopic (exact) mass is 330 g/mol. The SMILES string of the molecule is Nc1cccc(NC(=O)OCC2c3ccccc3-c3ccccc32)c1. The Bertz CT molecular complexity index is 891. The molecule has 0 bridgehead atoms. The second kappa shape index (κ2) is 6.32. The lowest BCUT2D eigenvalue weighted by Crippen LogP contribution is -2.17. The second-order valence-corrected chi connectivity index (χ2v) is 6.08. The molecule has 0 spiro atoms. The van der Waals surface area contributed by atoms with Gasteiger partial charge in [-0.15, -0.1) is 0 Å². The van der Waals surface area contributed by atoms with Crippen LogP contribution in [0.3, 0.4) is 0 Å². The lowest BCUT2D eigenvalue weighted by molar-refractivity contribution is 0.158. The number of rotatable bonds is 3. The third kappa shape index (κ3) is 2.94. The summed E-state index contributed by atoms with van der Waals surface area (Å²) in [5, 5.41) is 2.71. The highest BCUT2D eigenvalue weighted by molar-refractivity contribution is 5.85. The van der Waals surface area contributed by atoms with Gasteiger partial charge >= 0.3 is 6.09 Å². The van der Waals surface area contributed by atoms with Crippen molar-refractivity contribution in [2.75, 3.05) is 17.7 Å². The van der Waals surface area contributed by atoms with Gasteiger partial charge in [0.05, 0.1) is 0 Å². The zero-order valence-corrected chi connectivity index (χ0v) is 13.6. The summed E-state index contributed by atoms with van der Waals surface area (Å²) in [5.41, 5.74) is 11.8. The Morgan fingerprint density at radius 2 is 1.56 bits per heavy atom. The summed E-state index contributed by atoms with van der Waals surface area (Å²) < 4.78 is 5.49. The highest BCUT2D eigenvalue weighted by Crippen LogP contribution is 2.44. The summed E-state index contributed by atoms with van der Waals surface area (Å²) in [6, 6.07) is 23.5. The van der Waals surface area contributed by atoms with Crippen LogP contribution in [0.15, 0.2) is 72.8 Å². The first-order chi connectivity index (χ1) is 12.2. The minimum atomic E-state index is -0.479. The number of nitrogens with one attached hydrogen (secondary N) is 1. The average molecular weight is 330 g/mol. The molecule has 0 aliphatic heterocycles. The van der Waals surface area contributed by atoms with Gasteiger partial charge in [0.1, 0.15) is 6.61 Å². The first kappa shape index (κ1) is 15.3. The minimum Gasteiger partial charge on any atom is -0.448 e. The molecule has 0 unspecified atom stereocenters. The second-order valence-electron chi connectivity index (χ2n) is 6.08. The number of nitrogens with two attached hydrogens (primary N) is 1. The normalized spacial score (nSPS) is 12.3. The Hall–Kier alpha value is -3.27. The van der Waals surface area contributed by atoms with Gasteiger partial charge < -0.3 is 10.5 Å². The maximum atomic E-state index is 12.1. The molecule has 1 aliphatic rings. The van der Waals surface area contributed by atoms with Gasteiger partial charge in [-0.1, -0.05) is 54.6 Å². The minimum absolute atomic E-state index is 0.0546. The van der Waals surface area contributed by atoms with Gasteiger partial charge in [-0.2, -0.15) is 0 Å². The zero-order valence-electron chi connectivity index (χ0n) is 13.6. The maximum absolute atomic E-state index is 12.1. The fourth-order valence-electron chi connectivity index (χ4n) is 3.37. The van der Waals surface area contributed by atoms with Gasteiger partial charge in [0.15, 0.2) is 0 Å². The van der Waals surface area contributed by atoms with Gasteiger partial charge in [-0.25, -0.2) is 4.79 Å². The summed E-state index contributed by atoms with van der Waals surface area (Å²) >= 11 is 0. The molecule has 4 heteroatoms. The van der Waals surface area contributed by atoms with Gasteiger partial charge in [-0.05, 0) is 40.5 Å². The van der Waals surface area contributed by atoms with Crippen molar-refractivity contribution in [3.63, 3.8) is 0 Å². The Kier molecular flexibility index (Phi) is 3.86. The molecule has 0 saturated carbocycles. The number of amides is 1. The van der Waals surface area contributed by atoms with Crippen molar-refractivity contribution < 1.29 is 9.53 Å². The molecule has 0 saturated heterocycles. The van der Waals surface area contributed by atoms with Crippen molar-refractivity contribution in [2.45, 2.75) is 5.92 Å². The van der Waals surface area contributed by atoms with E-state index >= 15 is 0 Å². The van der Waals surface area contributed by atoms with Crippen LogP contribution in [0, 0.1) is 0 Å². The molecule has 0 fully saturated rings. The Morgan fingerprint density at radius 1 is 0.920 bits per heavy atom. The predicted octanol–water partition coefficient (Wildman–Crippen LogP) is 4.63. The molecule has 3 aromatic carbocycles. The number of anilines is 2. The van der Waals surface area contributed by atoms with E-state index in [1.807, 2.05) is 24.3 Å². The first-order valence-corrected chi connectivity index (χ1v) is 8.20. The fourth-order valence-corrected chi connectivity index (χ4v) is 3.37. The van der Waals surface area contributed by atoms with E-state index in [1.165, 1.54) is 22.3 Å². The van der Waals surface area contributed by atoms with Crippen molar-refractivity contribution in [1.82, 2.24) is 0 Å². The number of hydrogen-bond donors (Lipinski definition) is 2. The summed E-state index contributed by atoms with van der Waals surface area (Å²) in [6.45, 7) is 0.294. The van der Waals surface area contributed by atoms with Crippen LogP contribution in [-0.4, -0.2) is 12.7 Å². The van der Waals surface area contributed by atoms with Crippen molar-refractivity contribution >= 4 is 17.5 Å². The standard InChI is InChI=1S/C21H18N2O2/c22-14-6-5-7-15(12-14)23-21(24)25-13-20-18-10-3-1-8-16(18)17-9-2-4-11-19(17)20/h1-12,20H,13,22H2,(H,23,24). The van der Waals surface area contributed by atoms with Crippen LogP contribution in [0.4, 0.5) is 16.2 Å². The van der Waals surface area contributed by atoms with Crippen molar-refractivity contribution in [2.24, 2.45) is 0 Å². The molecular formula is C21H18N2O2. The van der Waals surface area contributed by atoms with Crippen molar-refractivity contribution in [3.8, 4) is 11.1 Å². The number of benzene rings is 3. The number of carbonyl (C=O) groups excluding carboxylic acids is 1. The van der Waals surface area contributed by atoms with E-state index in [0.29, 0.717) is 18.0 Å². The van der Waals surface area contributed by atoms with E-state index in [2.05, 4.69) is 29.6 Å². The molecule has 1 amide bonds. The van der Waals surface area contributed by atoms with Crippen LogP contribution < -0.4 is 11.1 Å². The predicted molar refractivity (Wildman–Crippen MR) is 99.5 cm³/mol. The van der Waals surface area contributed by atoms with Crippen molar-refractivity contribution in [3.05, 3.63) is 83.9 Å². The smallest absolute Gasteiger partial charge is 0.411 e. The highest BCUT2D eigenvalue weighted by atomic mass is 16.5. The first-order valence-electron chi connectivity index (χ1n) is 8.20. The molecule has 0 heterocycles. The Morgan fingerprint density at radius 3 is 2.20 bits per heavy atom. The number of ether oxygens (including phenoxy) is 1. The van der Waals surface area contributed by atoms with Gasteiger partial charge in [0, 0.05) is 17.3 Å². The number of carbonyl (C=O) groups is 1. The third-order valence-corrected chi connectivity index (χ3v) is 4.48. The average Bonchev–Trinajstić information content (AvgIpc) is 2.94. The lowest BCUT2D eigenvalue weighted by atomic mass is 9.98. The highest BCUT2D eigenvalue weighted by Gasteiger charge is 2.28. The number of hydrogen-bond acceptors (Lipinski definition) is 3. The lowest BCUT2D eigenvalue weighted by Gasteiger charge is -2.14. The summed E-state index contributed by atoms with van der Waals surface area (Å²) in [4.78, 5) is 12.1. The largest absolute Gasteiger partial charge is 0.448 e. The summed E-state index contributed by atoms with van der Waals surface area (Å²) in [7, 11) is 0. The van der Waals surface area contributed by atoms with Crippen LogP contribution in [0.2, 0.25) is 0 Å². The fraction of sp³-hybridized carbons (Fsp3) is 0.0952. The topological polar surface area (TPSA) is 64.3 Å². The maximum Gasteiger partial charge on any atom is 0.411 e. The number of nitrogen functional groups attached to an aromatic ring is 1. The molecule has 25 heavy (non-hydrogen) atoms. The van der Waals surface area contributed by atoms with Crippen LogP contribution in [0.1, 0.15) is 17.0 Å². The Balaban J connectivity index is 1.50. The molecule has 3 aromatic rings. The molecular weight excluding hydrogens is 312 g/mol.